The third-order valence-electron chi connectivity index (χ3n) is 2.21. The van der Waals surface area contributed by atoms with E-state index in [1.165, 1.54) is 17.6 Å². The normalized spacial score (nSPS) is 30.6. The van der Waals surface area contributed by atoms with Crippen molar-refractivity contribution in [1.82, 2.24) is 0 Å². The van der Waals surface area contributed by atoms with Crippen LogP contribution in [-0.2, 0) is 0 Å². The standard InChI is InChI=1S/C8H10O/c9-5-8-4-6-1-2-7(8)3-6/h1-2,6,9H,3-5H2. The van der Waals surface area contributed by atoms with Gasteiger partial charge in [0.1, 0.15) is 0 Å². The lowest BCUT2D eigenvalue weighted by Gasteiger charge is -2.02. The molecular formula is C8H10O. The van der Waals surface area contributed by atoms with E-state index in [2.05, 4.69) is 12.2 Å². The maximum Gasteiger partial charge on any atom is 0.0647 e. The average molecular weight is 122 g/mol. The Hall–Kier alpha value is -0.560. The van der Waals surface area contributed by atoms with Crippen LogP contribution in [0.4, 0.5) is 0 Å². The van der Waals surface area contributed by atoms with Gasteiger partial charge in [-0.05, 0) is 29.9 Å². The summed E-state index contributed by atoms with van der Waals surface area (Å²) >= 11 is 0. The highest BCUT2D eigenvalue weighted by Gasteiger charge is 2.24. The minimum atomic E-state index is 0.274. The van der Waals surface area contributed by atoms with Gasteiger partial charge in [-0.25, -0.2) is 0 Å². The number of aliphatic hydroxyl groups excluding tert-OH is 1. The molecule has 1 nitrogen and oxygen atoms in total. The maximum atomic E-state index is 8.80. The highest BCUT2D eigenvalue weighted by molar-refractivity contribution is 5.38. The molecule has 0 aromatic rings. The SMILES string of the molecule is OCC1=C2C=CC(C2)C1. The molecule has 0 saturated heterocycles. The molecule has 0 spiro atoms. The molecule has 2 rings (SSSR count). The summed E-state index contributed by atoms with van der Waals surface area (Å²) in [5, 5.41) is 8.80. The second-order valence-corrected chi connectivity index (χ2v) is 2.81. The summed E-state index contributed by atoms with van der Waals surface area (Å²) in [7, 11) is 0. The molecule has 1 N–H and O–H groups in total. The van der Waals surface area contributed by atoms with E-state index in [0.29, 0.717) is 0 Å². The first-order valence-corrected chi connectivity index (χ1v) is 3.40. The van der Waals surface area contributed by atoms with Crippen molar-refractivity contribution < 1.29 is 5.11 Å². The van der Waals surface area contributed by atoms with Gasteiger partial charge in [0.25, 0.3) is 0 Å². The number of allylic oxidation sites excluding steroid dienone is 3. The van der Waals surface area contributed by atoms with Crippen LogP contribution in [0.1, 0.15) is 12.8 Å². The van der Waals surface area contributed by atoms with Gasteiger partial charge in [-0.3, -0.25) is 0 Å². The lowest BCUT2D eigenvalue weighted by molar-refractivity contribution is 0.326. The molecule has 0 radical (unpaired) electrons. The molecule has 0 heterocycles. The van der Waals surface area contributed by atoms with E-state index >= 15 is 0 Å². The molecule has 2 bridgehead atoms. The van der Waals surface area contributed by atoms with E-state index < -0.39 is 0 Å². The Bertz CT molecular complexity index is 189. The highest BCUT2D eigenvalue weighted by atomic mass is 16.3. The zero-order chi connectivity index (χ0) is 6.27. The van der Waals surface area contributed by atoms with E-state index in [4.69, 9.17) is 5.11 Å². The quantitative estimate of drug-likeness (QED) is 0.555. The Labute approximate surface area is 54.7 Å². The molecule has 0 fully saturated rings. The van der Waals surface area contributed by atoms with Crippen LogP contribution in [0, 0.1) is 5.92 Å². The molecule has 0 aliphatic heterocycles. The van der Waals surface area contributed by atoms with Crippen LogP contribution in [0.2, 0.25) is 0 Å². The summed E-state index contributed by atoms with van der Waals surface area (Å²) in [6.07, 6.45) is 6.70. The fraction of sp³-hybridized carbons (Fsp3) is 0.500. The molecule has 48 valence electrons. The van der Waals surface area contributed by atoms with Crippen molar-refractivity contribution in [2.75, 3.05) is 6.61 Å². The summed E-state index contributed by atoms with van der Waals surface area (Å²) in [4.78, 5) is 0. The lowest BCUT2D eigenvalue weighted by Crippen LogP contribution is -1.93. The van der Waals surface area contributed by atoms with Crippen LogP contribution >= 0.6 is 0 Å². The number of fused-ring (bicyclic) bond motifs is 2. The third-order valence-corrected chi connectivity index (χ3v) is 2.21. The van der Waals surface area contributed by atoms with E-state index in [0.717, 1.165) is 12.3 Å². The van der Waals surface area contributed by atoms with Crippen molar-refractivity contribution in [3.8, 4) is 0 Å². The summed E-state index contributed by atoms with van der Waals surface area (Å²) in [6.45, 7) is 0.274. The van der Waals surface area contributed by atoms with Crippen molar-refractivity contribution in [3.63, 3.8) is 0 Å². The lowest BCUT2D eigenvalue weighted by atomic mass is 10.1. The smallest absolute Gasteiger partial charge is 0.0647 e. The molecule has 9 heavy (non-hydrogen) atoms. The molecule has 2 aliphatic rings. The van der Waals surface area contributed by atoms with Gasteiger partial charge < -0.3 is 5.11 Å². The van der Waals surface area contributed by atoms with Crippen LogP contribution < -0.4 is 0 Å². The fourth-order valence-electron chi connectivity index (χ4n) is 1.69. The maximum absolute atomic E-state index is 8.80. The third kappa shape index (κ3) is 0.648. The van der Waals surface area contributed by atoms with Crippen molar-refractivity contribution in [1.29, 1.82) is 0 Å². The monoisotopic (exact) mass is 122 g/mol. The van der Waals surface area contributed by atoms with Gasteiger partial charge in [-0.15, -0.1) is 0 Å². The summed E-state index contributed by atoms with van der Waals surface area (Å²) < 4.78 is 0. The van der Waals surface area contributed by atoms with Gasteiger partial charge in [-0.2, -0.15) is 0 Å². The molecule has 1 unspecified atom stereocenters. The molecule has 2 aliphatic carbocycles. The first-order valence-electron chi connectivity index (χ1n) is 3.40. The molecule has 0 amide bonds. The Kier molecular flexibility index (Phi) is 0.995. The van der Waals surface area contributed by atoms with Gasteiger partial charge in [0.05, 0.1) is 6.61 Å². The number of hydrogen-bond acceptors (Lipinski definition) is 1. The first-order chi connectivity index (χ1) is 4.40. The van der Waals surface area contributed by atoms with Crippen LogP contribution in [0.3, 0.4) is 0 Å². The number of rotatable bonds is 1. The molecule has 1 atom stereocenters. The van der Waals surface area contributed by atoms with E-state index in [1.54, 1.807) is 0 Å². The summed E-state index contributed by atoms with van der Waals surface area (Å²) in [5.41, 5.74) is 2.66. The van der Waals surface area contributed by atoms with Crippen molar-refractivity contribution in [2.45, 2.75) is 12.8 Å². The molecule has 0 aromatic heterocycles. The number of aliphatic hydroxyl groups is 1. The second-order valence-electron chi connectivity index (χ2n) is 2.81. The Morgan fingerprint density at radius 3 is 2.78 bits per heavy atom. The van der Waals surface area contributed by atoms with Crippen molar-refractivity contribution in [2.24, 2.45) is 5.92 Å². The molecule has 0 saturated carbocycles. The van der Waals surface area contributed by atoms with Crippen molar-refractivity contribution in [3.05, 3.63) is 23.3 Å². The predicted molar refractivity (Wildman–Crippen MR) is 36.0 cm³/mol. The summed E-state index contributed by atoms with van der Waals surface area (Å²) in [5.74, 6) is 0.738. The van der Waals surface area contributed by atoms with E-state index in [9.17, 15) is 0 Å². The molecular weight excluding hydrogens is 112 g/mol. The summed E-state index contributed by atoms with van der Waals surface area (Å²) in [6, 6.07) is 0. The van der Waals surface area contributed by atoms with E-state index in [-0.39, 0.29) is 6.61 Å². The van der Waals surface area contributed by atoms with E-state index in [1.807, 2.05) is 0 Å². The zero-order valence-electron chi connectivity index (χ0n) is 5.30. The average Bonchev–Trinajstić information content (AvgIpc) is 2.45. The topological polar surface area (TPSA) is 20.2 Å². The van der Waals surface area contributed by atoms with Gasteiger partial charge in [-0.1, -0.05) is 12.2 Å². The Morgan fingerprint density at radius 2 is 2.44 bits per heavy atom. The van der Waals surface area contributed by atoms with Crippen LogP contribution in [0.5, 0.6) is 0 Å². The van der Waals surface area contributed by atoms with Crippen molar-refractivity contribution >= 4 is 0 Å². The van der Waals surface area contributed by atoms with Crippen LogP contribution in [-0.4, -0.2) is 11.7 Å². The van der Waals surface area contributed by atoms with Gasteiger partial charge in [0.15, 0.2) is 0 Å². The van der Waals surface area contributed by atoms with Crippen LogP contribution in [0.25, 0.3) is 0 Å². The van der Waals surface area contributed by atoms with Gasteiger partial charge in [0, 0.05) is 0 Å². The number of hydrogen-bond donors (Lipinski definition) is 1. The Balaban J connectivity index is 2.32. The zero-order valence-corrected chi connectivity index (χ0v) is 5.30. The highest BCUT2D eigenvalue weighted by Crippen LogP contribution is 2.38. The Morgan fingerprint density at radius 1 is 1.56 bits per heavy atom. The van der Waals surface area contributed by atoms with Gasteiger partial charge >= 0.3 is 0 Å². The van der Waals surface area contributed by atoms with Crippen LogP contribution in [0.15, 0.2) is 23.3 Å². The minimum absolute atomic E-state index is 0.274. The first kappa shape index (κ1) is 5.24. The van der Waals surface area contributed by atoms with Gasteiger partial charge in [0.2, 0.25) is 0 Å². The fourth-order valence-corrected chi connectivity index (χ4v) is 1.69. The predicted octanol–water partition coefficient (Wildman–Crippen LogP) is 1.26. The minimum Gasteiger partial charge on any atom is -0.392 e. The largest absolute Gasteiger partial charge is 0.392 e. The molecule has 1 heteroatoms. The second kappa shape index (κ2) is 1.71. The molecule has 0 aromatic carbocycles.